The normalized spacial score (nSPS) is 11.8. The minimum absolute atomic E-state index is 0.432. The van der Waals surface area contributed by atoms with Crippen molar-refractivity contribution in [1.29, 1.82) is 5.26 Å². The fraction of sp³-hybridized carbons (Fsp3) is 0.417. The van der Waals surface area contributed by atoms with E-state index in [2.05, 4.69) is 0 Å². The number of nitriles is 1. The van der Waals surface area contributed by atoms with Crippen LogP contribution in [0.4, 0.5) is 0 Å². The van der Waals surface area contributed by atoms with Crippen LogP contribution in [0.5, 0.6) is 5.75 Å². The first kappa shape index (κ1) is 12.7. The summed E-state index contributed by atoms with van der Waals surface area (Å²) in [6.45, 7) is 2.44. The summed E-state index contributed by atoms with van der Waals surface area (Å²) < 4.78 is 16.8. The molecule has 0 radical (unpaired) electrons. The molecule has 4 heteroatoms. The van der Waals surface area contributed by atoms with Crippen molar-refractivity contribution < 1.29 is 8.95 Å². The molecule has 1 rings (SSSR count). The molecule has 0 N–H and O–H groups in total. The zero-order valence-corrected chi connectivity index (χ0v) is 10.1. The summed E-state index contributed by atoms with van der Waals surface area (Å²) in [5, 5.41) is 8.69. The average molecular weight is 237 g/mol. The summed E-state index contributed by atoms with van der Waals surface area (Å²) in [4.78, 5) is 0. The number of rotatable bonds is 6. The molecular weight excluding hydrogens is 222 g/mol. The molecule has 1 aromatic rings. The predicted octanol–water partition coefficient (Wildman–Crippen LogP) is 2.10. The molecule has 1 atom stereocenters. The molecule has 0 saturated carbocycles. The van der Waals surface area contributed by atoms with Crippen LogP contribution >= 0.6 is 0 Å². The molecule has 0 aliphatic carbocycles. The Hall–Kier alpha value is -1.34. The molecule has 1 unspecified atom stereocenters. The first-order chi connectivity index (χ1) is 7.76. The highest BCUT2D eigenvalue weighted by Gasteiger charge is 2.00. The molecule has 3 nitrogen and oxygen atoms in total. The van der Waals surface area contributed by atoms with Crippen LogP contribution in [-0.4, -0.2) is 22.3 Å². The Bertz CT molecular complexity index is 398. The van der Waals surface area contributed by atoms with Crippen molar-refractivity contribution in [2.75, 3.05) is 18.1 Å². The Morgan fingerprint density at radius 1 is 1.44 bits per heavy atom. The molecule has 0 heterocycles. The Labute approximate surface area is 98.5 Å². The second kappa shape index (κ2) is 7.02. The van der Waals surface area contributed by atoms with Gasteiger partial charge >= 0.3 is 0 Å². The second-order valence-corrected chi connectivity index (χ2v) is 5.03. The molecule has 0 aliphatic rings. The summed E-state index contributed by atoms with van der Waals surface area (Å²) in [5.41, 5.74) is 0.576. The van der Waals surface area contributed by atoms with Crippen molar-refractivity contribution in [3.8, 4) is 11.8 Å². The summed E-state index contributed by atoms with van der Waals surface area (Å²) in [6.07, 6.45) is 0.927. The van der Waals surface area contributed by atoms with Gasteiger partial charge in [-0.25, -0.2) is 0 Å². The predicted molar refractivity (Wildman–Crippen MR) is 64.8 cm³/mol. The standard InChI is InChI=1S/C12H15NO2S/c1-2-7-16(14)8-6-15-12-5-3-4-11(9-12)10-13/h3-5,9H,2,6-8H2,1H3. The Morgan fingerprint density at radius 3 is 2.94 bits per heavy atom. The highest BCUT2D eigenvalue weighted by atomic mass is 32.2. The zero-order chi connectivity index (χ0) is 11.8. The first-order valence-electron chi connectivity index (χ1n) is 5.24. The summed E-state index contributed by atoms with van der Waals surface area (Å²) in [5.74, 6) is 1.93. The Balaban J connectivity index is 2.37. The zero-order valence-electron chi connectivity index (χ0n) is 9.31. The van der Waals surface area contributed by atoms with Gasteiger partial charge in [0, 0.05) is 16.6 Å². The molecule has 0 bridgehead atoms. The topological polar surface area (TPSA) is 50.1 Å². The van der Waals surface area contributed by atoms with E-state index in [1.54, 1.807) is 24.3 Å². The van der Waals surface area contributed by atoms with Crippen LogP contribution in [0.15, 0.2) is 24.3 Å². The molecule has 0 aromatic heterocycles. The van der Waals surface area contributed by atoms with Crippen LogP contribution in [0.25, 0.3) is 0 Å². The van der Waals surface area contributed by atoms with Crippen LogP contribution < -0.4 is 4.74 Å². The van der Waals surface area contributed by atoms with Gasteiger partial charge in [0.25, 0.3) is 0 Å². The SMILES string of the molecule is CCCS(=O)CCOc1cccc(C#N)c1. The van der Waals surface area contributed by atoms with Gasteiger partial charge in [-0.15, -0.1) is 0 Å². The number of nitrogens with zero attached hydrogens (tertiary/aromatic N) is 1. The lowest BCUT2D eigenvalue weighted by Crippen LogP contribution is -2.10. The maximum atomic E-state index is 11.3. The van der Waals surface area contributed by atoms with Crippen molar-refractivity contribution in [2.45, 2.75) is 13.3 Å². The van der Waals surface area contributed by atoms with Gasteiger partial charge in [-0.05, 0) is 24.6 Å². The minimum atomic E-state index is -0.791. The summed E-state index contributed by atoms with van der Waals surface area (Å²) in [6, 6.07) is 9.02. The number of ether oxygens (including phenoxy) is 1. The molecule has 0 fully saturated rings. The van der Waals surface area contributed by atoms with Crippen molar-refractivity contribution in [3.63, 3.8) is 0 Å². The third-order valence-electron chi connectivity index (χ3n) is 1.97. The Kier molecular flexibility index (Phi) is 5.58. The van der Waals surface area contributed by atoms with Gasteiger partial charge in [0.1, 0.15) is 5.75 Å². The van der Waals surface area contributed by atoms with Crippen molar-refractivity contribution in [1.82, 2.24) is 0 Å². The number of hydrogen-bond acceptors (Lipinski definition) is 3. The van der Waals surface area contributed by atoms with E-state index >= 15 is 0 Å². The summed E-state index contributed by atoms with van der Waals surface area (Å²) >= 11 is 0. The molecule has 0 spiro atoms. The van der Waals surface area contributed by atoms with E-state index in [1.807, 2.05) is 13.0 Å². The monoisotopic (exact) mass is 237 g/mol. The van der Waals surface area contributed by atoms with Crippen LogP contribution in [0.2, 0.25) is 0 Å². The van der Waals surface area contributed by atoms with Crippen molar-refractivity contribution >= 4 is 10.8 Å². The van der Waals surface area contributed by atoms with Crippen LogP contribution in [0.3, 0.4) is 0 Å². The quantitative estimate of drug-likeness (QED) is 0.761. The van der Waals surface area contributed by atoms with E-state index < -0.39 is 10.8 Å². The fourth-order valence-electron chi connectivity index (χ4n) is 1.24. The molecule has 86 valence electrons. The fourth-order valence-corrected chi connectivity index (χ4v) is 2.17. The first-order valence-corrected chi connectivity index (χ1v) is 6.73. The van der Waals surface area contributed by atoms with Gasteiger partial charge < -0.3 is 4.74 Å². The largest absolute Gasteiger partial charge is 0.493 e. The highest BCUT2D eigenvalue weighted by molar-refractivity contribution is 7.84. The van der Waals surface area contributed by atoms with Crippen molar-refractivity contribution in [3.05, 3.63) is 29.8 Å². The molecular formula is C12H15NO2S. The third kappa shape index (κ3) is 4.45. The smallest absolute Gasteiger partial charge is 0.120 e. The van der Waals surface area contributed by atoms with E-state index in [9.17, 15) is 4.21 Å². The summed E-state index contributed by atoms with van der Waals surface area (Å²) in [7, 11) is -0.791. The van der Waals surface area contributed by atoms with E-state index in [4.69, 9.17) is 10.00 Å². The third-order valence-corrected chi connectivity index (χ3v) is 3.46. The highest BCUT2D eigenvalue weighted by Crippen LogP contribution is 2.12. The average Bonchev–Trinajstić information content (AvgIpc) is 2.30. The maximum absolute atomic E-state index is 11.3. The lowest BCUT2D eigenvalue weighted by Gasteiger charge is -2.05. The minimum Gasteiger partial charge on any atom is -0.493 e. The van der Waals surface area contributed by atoms with Crippen LogP contribution in [0, 0.1) is 11.3 Å². The van der Waals surface area contributed by atoms with Crippen molar-refractivity contribution in [2.24, 2.45) is 0 Å². The molecule has 16 heavy (non-hydrogen) atoms. The van der Waals surface area contributed by atoms with Gasteiger partial charge in [0.05, 0.1) is 24.0 Å². The molecule has 0 saturated heterocycles. The second-order valence-electron chi connectivity index (χ2n) is 3.34. The van der Waals surface area contributed by atoms with E-state index in [1.165, 1.54) is 0 Å². The Morgan fingerprint density at radius 2 is 2.25 bits per heavy atom. The molecule has 0 amide bonds. The van der Waals surface area contributed by atoms with Gasteiger partial charge in [0.15, 0.2) is 0 Å². The molecule has 1 aromatic carbocycles. The van der Waals surface area contributed by atoms with Gasteiger partial charge in [-0.1, -0.05) is 13.0 Å². The van der Waals surface area contributed by atoms with E-state index in [-0.39, 0.29) is 0 Å². The lowest BCUT2D eigenvalue weighted by atomic mass is 10.2. The van der Waals surface area contributed by atoms with E-state index in [0.29, 0.717) is 23.7 Å². The van der Waals surface area contributed by atoms with E-state index in [0.717, 1.165) is 12.2 Å². The van der Waals surface area contributed by atoms with Gasteiger partial charge in [-0.3, -0.25) is 4.21 Å². The van der Waals surface area contributed by atoms with Gasteiger partial charge in [-0.2, -0.15) is 5.26 Å². The lowest BCUT2D eigenvalue weighted by molar-refractivity contribution is 0.342. The van der Waals surface area contributed by atoms with Crippen LogP contribution in [0.1, 0.15) is 18.9 Å². The van der Waals surface area contributed by atoms with Crippen LogP contribution in [-0.2, 0) is 10.8 Å². The van der Waals surface area contributed by atoms with Gasteiger partial charge in [0.2, 0.25) is 0 Å². The number of hydrogen-bond donors (Lipinski definition) is 0. The maximum Gasteiger partial charge on any atom is 0.120 e. The number of benzene rings is 1. The molecule has 0 aliphatic heterocycles.